The van der Waals surface area contributed by atoms with Gasteiger partial charge in [-0.3, -0.25) is 0 Å². The summed E-state index contributed by atoms with van der Waals surface area (Å²) in [6.45, 7) is 0. The first-order valence-electron chi connectivity index (χ1n) is 4.05. The molecule has 2 rings (SSSR count). The molecular weight excluding hydrogens is 219 g/mol. The summed E-state index contributed by atoms with van der Waals surface area (Å²) in [5, 5.41) is 9.10. The van der Waals surface area contributed by atoms with Gasteiger partial charge in [0.2, 0.25) is 5.88 Å². The smallest absolute Gasteiger partial charge is 0.214 e. The minimum absolute atomic E-state index is 0.0122. The summed E-state index contributed by atoms with van der Waals surface area (Å²) in [7, 11) is 0. The van der Waals surface area contributed by atoms with Crippen molar-refractivity contribution in [1.29, 1.82) is 0 Å². The molecule has 1 radical (unpaired) electrons. The summed E-state index contributed by atoms with van der Waals surface area (Å²) in [6, 6.07) is 6.78. The molecule has 0 saturated heterocycles. The van der Waals surface area contributed by atoms with Gasteiger partial charge in [0, 0.05) is 11.6 Å². The van der Waals surface area contributed by atoms with E-state index in [0.717, 1.165) is 6.33 Å². The zero-order chi connectivity index (χ0) is 10.8. The highest BCUT2D eigenvalue weighted by molar-refractivity contribution is 6.31. The number of hydrogen-bond donors (Lipinski definition) is 1. The summed E-state index contributed by atoms with van der Waals surface area (Å²) in [5.74, 6) is -0.843. The van der Waals surface area contributed by atoms with E-state index >= 15 is 0 Å². The lowest BCUT2D eigenvalue weighted by molar-refractivity contribution is 0.452. The van der Waals surface area contributed by atoms with E-state index in [1.807, 2.05) is 0 Å². The van der Waals surface area contributed by atoms with Crippen LogP contribution >= 0.6 is 11.6 Å². The molecule has 0 unspecified atom stereocenters. The minimum Gasteiger partial charge on any atom is -0.493 e. The van der Waals surface area contributed by atoms with Crippen molar-refractivity contribution in [3.05, 3.63) is 41.4 Å². The van der Waals surface area contributed by atoms with Crippen LogP contribution in [0.3, 0.4) is 0 Å². The van der Waals surface area contributed by atoms with Gasteiger partial charge in [-0.05, 0) is 12.1 Å². The predicted molar refractivity (Wildman–Crippen MR) is 52.9 cm³/mol. The SMILES string of the molecule is Oc1cc(-c2[c]ccc(Cl)c2F)ncn1. The fourth-order valence-corrected chi connectivity index (χ4v) is 1.28. The molecule has 15 heavy (non-hydrogen) atoms. The van der Waals surface area contributed by atoms with E-state index in [4.69, 9.17) is 16.7 Å². The van der Waals surface area contributed by atoms with Crippen LogP contribution in [0.5, 0.6) is 5.88 Å². The molecule has 0 spiro atoms. The van der Waals surface area contributed by atoms with Crippen LogP contribution in [0, 0.1) is 11.9 Å². The van der Waals surface area contributed by atoms with E-state index in [1.165, 1.54) is 18.2 Å². The third-order valence-corrected chi connectivity index (χ3v) is 2.09. The molecule has 3 nitrogen and oxygen atoms in total. The third-order valence-electron chi connectivity index (χ3n) is 1.80. The Balaban J connectivity index is 2.59. The van der Waals surface area contributed by atoms with Crippen molar-refractivity contribution in [3.63, 3.8) is 0 Å². The fraction of sp³-hybridized carbons (Fsp3) is 0. The first-order chi connectivity index (χ1) is 7.18. The number of hydrogen-bond acceptors (Lipinski definition) is 3. The van der Waals surface area contributed by atoms with Crippen molar-refractivity contribution in [3.8, 4) is 17.1 Å². The van der Waals surface area contributed by atoms with Crippen molar-refractivity contribution in [1.82, 2.24) is 9.97 Å². The van der Waals surface area contributed by atoms with Gasteiger partial charge in [0.05, 0.1) is 10.7 Å². The standard InChI is InChI=1S/C10H5ClFN2O/c11-7-3-1-2-6(10(7)12)8-4-9(15)14-5-13-8/h1,3-5H,(H,13,14,15). The van der Waals surface area contributed by atoms with E-state index in [0.29, 0.717) is 0 Å². The van der Waals surface area contributed by atoms with Crippen LogP contribution in [0.1, 0.15) is 0 Å². The minimum atomic E-state index is -0.614. The molecule has 0 aliphatic carbocycles. The topological polar surface area (TPSA) is 46.0 Å². The zero-order valence-corrected chi connectivity index (χ0v) is 8.16. The Morgan fingerprint density at radius 1 is 1.40 bits per heavy atom. The summed E-state index contributed by atoms with van der Waals surface area (Å²) in [5.41, 5.74) is 0.350. The van der Waals surface area contributed by atoms with Gasteiger partial charge in [0.15, 0.2) is 5.82 Å². The molecule has 0 atom stereocenters. The second-order valence-corrected chi connectivity index (χ2v) is 3.18. The van der Waals surface area contributed by atoms with E-state index < -0.39 is 5.82 Å². The molecule has 5 heteroatoms. The molecule has 1 heterocycles. The van der Waals surface area contributed by atoms with Gasteiger partial charge in [0.1, 0.15) is 6.33 Å². The number of benzene rings is 1. The van der Waals surface area contributed by atoms with Crippen molar-refractivity contribution in [2.24, 2.45) is 0 Å². The van der Waals surface area contributed by atoms with Crippen LogP contribution in [0.4, 0.5) is 4.39 Å². The van der Waals surface area contributed by atoms with Crippen LogP contribution in [0.15, 0.2) is 24.5 Å². The normalized spacial score (nSPS) is 10.3. The highest BCUT2D eigenvalue weighted by Gasteiger charge is 2.10. The largest absolute Gasteiger partial charge is 0.493 e. The maximum absolute atomic E-state index is 13.5. The number of aromatic nitrogens is 2. The summed E-state index contributed by atoms with van der Waals surface area (Å²) >= 11 is 5.60. The second kappa shape index (κ2) is 3.82. The predicted octanol–water partition coefficient (Wildman–Crippen LogP) is 2.44. The van der Waals surface area contributed by atoms with Gasteiger partial charge in [-0.1, -0.05) is 17.7 Å². The average molecular weight is 224 g/mol. The van der Waals surface area contributed by atoms with E-state index in [-0.39, 0.29) is 22.2 Å². The first kappa shape index (κ1) is 9.86. The van der Waals surface area contributed by atoms with Crippen molar-refractivity contribution >= 4 is 11.6 Å². The highest BCUT2D eigenvalue weighted by atomic mass is 35.5. The fourth-order valence-electron chi connectivity index (χ4n) is 1.12. The molecule has 0 fully saturated rings. The number of nitrogens with zero attached hydrogens (tertiary/aromatic N) is 2. The Labute approximate surface area is 90.2 Å². The quantitative estimate of drug-likeness (QED) is 0.808. The number of rotatable bonds is 1. The van der Waals surface area contributed by atoms with Gasteiger partial charge < -0.3 is 5.11 Å². The molecule has 75 valence electrons. The summed E-state index contributed by atoms with van der Waals surface area (Å²) < 4.78 is 13.5. The number of halogens is 2. The van der Waals surface area contributed by atoms with Crippen molar-refractivity contribution < 1.29 is 9.50 Å². The van der Waals surface area contributed by atoms with E-state index in [2.05, 4.69) is 16.0 Å². The highest BCUT2D eigenvalue weighted by Crippen LogP contribution is 2.26. The van der Waals surface area contributed by atoms with Crippen LogP contribution in [-0.4, -0.2) is 15.1 Å². The molecule has 0 aliphatic rings. The summed E-state index contributed by atoms with van der Waals surface area (Å²) in [4.78, 5) is 7.30. The van der Waals surface area contributed by atoms with Gasteiger partial charge in [-0.25, -0.2) is 14.4 Å². The lowest BCUT2D eigenvalue weighted by Gasteiger charge is -2.02. The molecule has 1 N–H and O–H groups in total. The van der Waals surface area contributed by atoms with Crippen LogP contribution in [0.2, 0.25) is 5.02 Å². The van der Waals surface area contributed by atoms with Gasteiger partial charge in [-0.15, -0.1) is 0 Å². The Hall–Kier alpha value is -1.68. The molecule has 1 aromatic carbocycles. The van der Waals surface area contributed by atoms with E-state index in [1.54, 1.807) is 0 Å². The van der Waals surface area contributed by atoms with Crippen LogP contribution in [-0.2, 0) is 0 Å². The molecule has 1 aromatic heterocycles. The Kier molecular flexibility index (Phi) is 2.51. The second-order valence-electron chi connectivity index (χ2n) is 2.78. The Bertz CT molecular complexity index is 505. The molecular formula is C10H5ClFN2O. The first-order valence-corrected chi connectivity index (χ1v) is 4.43. The molecule has 0 aliphatic heterocycles. The molecule has 0 amide bonds. The lowest BCUT2D eigenvalue weighted by Crippen LogP contribution is -1.89. The van der Waals surface area contributed by atoms with Gasteiger partial charge in [0.25, 0.3) is 0 Å². The third kappa shape index (κ3) is 1.89. The van der Waals surface area contributed by atoms with Crippen molar-refractivity contribution in [2.75, 3.05) is 0 Å². The maximum atomic E-state index is 13.5. The molecule has 2 aromatic rings. The van der Waals surface area contributed by atoms with Gasteiger partial charge in [-0.2, -0.15) is 0 Å². The Morgan fingerprint density at radius 2 is 2.20 bits per heavy atom. The van der Waals surface area contributed by atoms with Crippen molar-refractivity contribution in [2.45, 2.75) is 0 Å². The van der Waals surface area contributed by atoms with E-state index in [9.17, 15) is 4.39 Å². The zero-order valence-electron chi connectivity index (χ0n) is 7.41. The lowest BCUT2D eigenvalue weighted by atomic mass is 10.1. The molecule has 0 saturated carbocycles. The number of aromatic hydroxyl groups is 1. The van der Waals surface area contributed by atoms with Crippen LogP contribution < -0.4 is 0 Å². The molecule has 0 bridgehead atoms. The van der Waals surface area contributed by atoms with Crippen LogP contribution in [0.25, 0.3) is 11.3 Å². The average Bonchev–Trinajstić information content (AvgIpc) is 2.22. The monoisotopic (exact) mass is 223 g/mol. The maximum Gasteiger partial charge on any atom is 0.214 e. The van der Waals surface area contributed by atoms with Gasteiger partial charge >= 0.3 is 0 Å². The summed E-state index contributed by atoms with van der Waals surface area (Å²) in [6.07, 6.45) is 1.14. The Morgan fingerprint density at radius 3 is 2.93 bits per heavy atom.